The van der Waals surface area contributed by atoms with E-state index >= 15 is 0 Å². The number of nitrogens with zero attached hydrogens (tertiary/aromatic N) is 3. The third-order valence-corrected chi connectivity index (χ3v) is 8.77. The summed E-state index contributed by atoms with van der Waals surface area (Å²) in [5, 5.41) is 10.1. The molecule has 35 heavy (non-hydrogen) atoms. The highest BCUT2D eigenvalue weighted by atomic mass is 32.1. The predicted octanol–water partition coefficient (Wildman–Crippen LogP) is 5.21. The van der Waals surface area contributed by atoms with Crippen molar-refractivity contribution in [3.05, 3.63) is 45.9 Å². The molecule has 188 valence electrons. The van der Waals surface area contributed by atoms with Gasteiger partial charge in [-0.3, -0.25) is 14.6 Å². The van der Waals surface area contributed by atoms with Crippen LogP contribution in [-0.4, -0.2) is 51.9 Å². The van der Waals surface area contributed by atoms with E-state index in [1.54, 1.807) is 34.3 Å². The molecule has 1 unspecified atom stereocenters. The number of anilines is 1. The van der Waals surface area contributed by atoms with E-state index in [4.69, 9.17) is 0 Å². The van der Waals surface area contributed by atoms with Gasteiger partial charge in [-0.25, -0.2) is 4.79 Å². The molecule has 7 nitrogen and oxygen atoms in total. The Bertz CT molecular complexity index is 1080. The third-order valence-electron chi connectivity index (χ3n) is 7.23. The summed E-state index contributed by atoms with van der Waals surface area (Å²) < 4.78 is 0. The molecule has 0 aromatic carbocycles. The molecule has 2 aliphatic rings. The van der Waals surface area contributed by atoms with Gasteiger partial charge in [-0.1, -0.05) is 27.7 Å². The summed E-state index contributed by atoms with van der Waals surface area (Å²) in [7, 11) is 0. The number of carboxylic acid groups (broad SMARTS) is 1. The average molecular weight is 498 g/mol. The topological polar surface area (TPSA) is 90.8 Å². The molecule has 3 heterocycles. The van der Waals surface area contributed by atoms with Crippen molar-refractivity contribution in [1.82, 2.24) is 9.88 Å². The van der Waals surface area contributed by atoms with Crippen molar-refractivity contribution in [3.63, 3.8) is 0 Å². The molecular weight excluding hydrogens is 462 g/mol. The van der Waals surface area contributed by atoms with Crippen LogP contribution in [0, 0.1) is 11.8 Å². The van der Waals surface area contributed by atoms with E-state index in [9.17, 15) is 19.5 Å². The van der Waals surface area contributed by atoms with E-state index in [0.29, 0.717) is 36.7 Å². The predicted molar refractivity (Wildman–Crippen MR) is 137 cm³/mol. The summed E-state index contributed by atoms with van der Waals surface area (Å²) in [6.07, 6.45) is 7.44. The first-order chi connectivity index (χ1) is 16.6. The molecular formula is C27H35N3O4S. The van der Waals surface area contributed by atoms with Crippen LogP contribution in [0.4, 0.5) is 5.69 Å². The van der Waals surface area contributed by atoms with E-state index in [1.165, 1.54) is 11.3 Å². The van der Waals surface area contributed by atoms with Gasteiger partial charge >= 0.3 is 5.97 Å². The number of aromatic nitrogens is 1. The largest absolute Gasteiger partial charge is 0.477 e. The molecule has 1 aliphatic carbocycles. The minimum absolute atomic E-state index is 0.00154. The highest BCUT2D eigenvalue weighted by Crippen LogP contribution is 2.41. The molecule has 1 saturated heterocycles. The van der Waals surface area contributed by atoms with Gasteiger partial charge in [0.05, 0.1) is 17.3 Å². The Hall–Kier alpha value is -2.74. The quantitative estimate of drug-likeness (QED) is 0.612. The molecule has 2 aromatic heterocycles. The lowest BCUT2D eigenvalue weighted by Gasteiger charge is -2.34. The SMILES string of the molecule is CC1CCC(C(=O)N(c2cc(C(C)(C)C)sc2C(=O)O)C2CCN(C(=O)c3cccnc3)C2)CC1. The van der Waals surface area contributed by atoms with Crippen molar-refractivity contribution in [2.45, 2.75) is 71.3 Å². The molecule has 1 saturated carbocycles. The summed E-state index contributed by atoms with van der Waals surface area (Å²) in [5.74, 6) is -0.641. The number of thiophene rings is 1. The van der Waals surface area contributed by atoms with Crippen LogP contribution in [-0.2, 0) is 10.2 Å². The maximum Gasteiger partial charge on any atom is 0.348 e. The zero-order chi connectivity index (χ0) is 25.3. The van der Waals surface area contributed by atoms with E-state index in [1.807, 2.05) is 26.8 Å². The van der Waals surface area contributed by atoms with Gasteiger partial charge in [-0.05, 0) is 61.6 Å². The normalized spacial score (nSPS) is 22.7. The molecule has 1 N–H and O–H groups in total. The number of carbonyl (C=O) groups is 3. The number of carboxylic acids is 1. The van der Waals surface area contributed by atoms with Crippen molar-refractivity contribution in [2.24, 2.45) is 11.8 Å². The minimum Gasteiger partial charge on any atom is -0.477 e. The van der Waals surface area contributed by atoms with Gasteiger partial charge in [0.25, 0.3) is 5.91 Å². The zero-order valence-corrected chi connectivity index (χ0v) is 21.8. The van der Waals surface area contributed by atoms with Crippen LogP contribution in [0.25, 0.3) is 0 Å². The fourth-order valence-electron chi connectivity index (χ4n) is 5.09. The van der Waals surface area contributed by atoms with Gasteiger partial charge in [0, 0.05) is 36.3 Å². The lowest BCUT2D eigenvalue weighted by molar-refractivity contribution is -0.124. The third kappa shape index (κ3) is 5.42. The maximum atomic E-state index is 14.0. The Morgan fingerprint density at radius 3 is 2.46 bits per heavy atom. The maximum absolute atomic E-state index is 14.0. The van der Waals surface area contributed by atoms with Crippen molar-refractivity contribution < 1.29 is 19.5 Å². The first-order valence-corrected chi connectivity index (χ1v) is 13.3. The number of aromatic carboxylic acids is 1. The number of hydrogen-bond donors (Lipinski definition) is 1. The summed E-state index contributed by atoms with van der Waals surface area (Å²) >= 11 is 1.25. The molecule has 8 heteroatoms. The van der Waals surface area contributed by atoms with Gasteiger partial charge in [-0.15, -0.1) is 11.3 Å². The van der Waals surface area contributed by atoms with Crippen LogP contribution in [0.15, 0.2) is 30.6 Å². The Morgan fingerprint density at radius 1 is 1.14 bits per heavy atom. The summed E-state index contributed by atoms with van der Waals surface area (Å²) in [4.78, 5) is 48.0. The van der Waals surface area contributed by atoms with Crippen molar-refractivity contribution >= 4 is 34.8 Å². The number of likely N-dealkylation sites (tertiary alicyclic amines) is 1. The molecule has 0 radical (unpaired) electrons. The molecule has 0 spiro atoms. The Labute approximate surface area is 211 Å². The number of amides is 2. The smallest absolute Gasteiger partial charge is 0.348 e. The van der Waals surface area contributed by atoms with Crippen LogP contribution in [0.1, 0.15) is 84.7 Å². The summed E-state index contributed by atoms with van der Waals surface area (Å²) in [6.45, 7) is 9.26. The van der Waals surface area contributed by atoms with Gasteiger partial charge < -0.3 is 14.9 Å². The van der Waals surface area contributed by atoms with E-state index in [0.717, 1.165) is 30.6 Å². The summed E-state index contributed by atoms with van der Waals surface area (Å²) in [6, 6.07) is 5.11. The molecule has 1 atom stereocenters. The van der Waals surface area contributed by atoms with Gasteiger partial charge in [0.2, 0.25) is 5.91 Å². The number of hydrogen-bond acceptors (Lipinski definition) is 5. The van der Waals surface area contributed by atoms with E-state index < -0.39 is 5.97 Å². The highest BCUT2D eigenvalue weighted by Gasteiger charge is 2.40. The molecule has 2 fully saturated rings. The molecule has 2 amide bonds. The lowest BCUT2D eigenvalue weighted by atomic mass is 9.82. The molecule has 0 bridgehead atoms. The monoisotopic (exact) mass is 497 g/mol. The van der Waals surface area contributed by atoms with Crippen LogP contribution < -0.4 is 4.90 Å². The lowest BCUT2D eigenvalue weighted by Crippen LogP contribution is -2.46. The highest BCUT2D eigenvalue weighted by molar-refractivity contribution is 7.14. The van der Waals surface area contributed by atoms with Gasteiger partial charge in [-0.2, -0.15) is 0 Å². The van der Waals surface area contributed by atoms with Gasteiger partial charge in [0.15, 0.2) is 0 Å². The second-order valence-electron chi connectivity index (χ2n) is 11.0. The second kappa shape index (κ2) is 10.1. The summed E-state index contributed by atoms with van der Waals surface area (Å²) in [5.41, 5.74) is 0.765. The Kier molecular flexibility index (Phi) is 7.31. The fourth-order valence-corrected chi connectivity index (χ4v) is 6.14. The first-order valence-electron chi connectivity index (χ1n) is 12.5. The van der Waals surface area contributed by atoms with E-state index in [-0.39, 0.29) is 34.1 Å². The van der Waals surface area contributed by atoms with Crippen molar-refractivity contribution in [1.29, 1.82) is 0 Å². The minimum atomic E-state index is -1.02. The Balaban J connectivity index is 1.68. The standard InChI is InChI=1S/C27H35N3O4S/c1-17-7-9-18(10-8-17)25(32)30(21-14-22(27(2,3)4)35-23(21)26(33)34)20-11-13-29(16-20)24(31)19-6-5-12-28-15-19/h5-6,12,14-15,17-18,20H,7-11,13,16H2,1-4H3,(H,33,34). The molecule has 4 rings (SSSR count). The zero-order valence-electron chi connectivity index (χ0n) is 21.0. The average Bonchev–Trinajstić information content (AvgIpc) is 3.48. The van der Waals surface area contributed by atoms with Crippen molar-refractivity contribution in [3.8, 4) is 0 Å². The number of carbonyl (C=O) groups excluding carboxylic acids is 2. The van der Waals surface area contributed by atoms with Crippen LogP contribution in [0.3, 0.4) is 0 Å². The van der Waals surface area contributed by atoms with Gasteiger partial charge in [0.1, 0.15) is 4.88 Å². The van der Waals surface area contributed by atoms with Crippen molar-refractivity contribution in [2.75, 3.05) is 18.0 Å². The van der Waals surface area contributed by atoms with Crippen LogP contribution in [0.5, 0.6) is 0 Å². The fraction of sp³-hybridized carbons (Fsp3) is 0.556. The molecule has 2 aromatic rings. The van der Waals surface area contributed by atoms with E-state index in [2.05, 4.69) is 11.9 Å². The van der Waals surface area contributed by atoms with Crippen LogP contribution >= 0.6 is 11.3 Å². The first kappa shape index (κ1) is 25.4. The van der Waals surface area contributed by atoms with Crippen LogP contribution in [0.2, 0.25) is 0 Å². The number of pyridine rings is 1. The second-order valence-corrected chi connectivity index (χ2v) is 12.0. The molecule has 1 aliphatic heterocycles. The Morgan fingerprint density at radius 2 is 1.86 bits per heavy atom. The number of rotatable bonds is 5.